The van der Waals surface area contributed by atoms with Crippen LogP contribution in [0.3, 0.4) is 0 Å². The van der Waals surface area contributed by atoms with Crippen molar-refractivity contribution in [3.05, 3.63) is 40.9 Å². The number of rotatable bonds is 6. The number of carbonyl (C=O) groups excluding carboxylic acids is 1. The summed E-state index contributed by atoms with van der Waals surface area (Å²) in [5.41, 5.74) is 0.649. The number of amides is 1. The van der Waals surface area contributed by atoms with E-state index in [1.807, 2.05) is 32.0 Å². The van der Waals surface area contributed by atoms with Gasteiger partial charge in [0.1, 0.15) is 17.6 Å². The molecule has 0 aliphatic carbocycles. The molecule has 25 heavy (non-hydrogen) atoms. The molecule has 0 aliphatic heterocycles. The quantitative estimate of drug-likeness (QED) is 0.709. The summed E-state index contributed by atoms with van der Waals surface area (Å²) in [5.74, 6) is -0.287. The van der Waals surface area contributed by atoms with Crippen LogP contribution in [0.25, 0.3) is 22.1 Å². The van der Waals surface area contributed by atoms with E-state index < -0.39 is 0 Å². The van der Waals surface area contributed by atoms with E-state index in [0.29, 0.717) is 24.1 Å². The van der Waals surface area contributed by atoms with Gasteiger partial charge in [-0.2, -0.15) is 0 Å². The highest BCUT2D eigenvalue weighted by atomic mass is 16.3. The number of carbonyl (C=O) groups is 1. The minimum Gasteiger partial charge on any atom is -0.448 e. The Balaban J connectivity index is 1.80. The average Bonchev–Trinajstić information content (AvgIpc) is 2.95. The Hall–Kier alpha value is -2.67. The van der Waals surface area contributed by atoms with Gasteiger partial charge in [-0.25, -0.2) is 4.98 Å². The minimum absolute atomic E-state index is 0.0645. The fourth-order valence-electron chi connectivity index (χ4n) is 2.67. The van der Waals surface area contributed by atoms with Gasteiger partial charge in [0.15, 0.2) is 0 Å². The molecule has 0 bridgehead atoms. The highest BCUT2D eigenvalue weighted by Crippen LogP contribution is 2.24. The van der Waals surface area contributed by atoms with E-state index in [-0.39, 0.29) is 35.6 Å². The number of nitrogens with one attached hydrogen (secondary N) is 1. The summed E-state index contributed by atoms with van der Waals surface area (Å²) in [6, 6.07) is 7.29. The van der Waals surface area contributed by atoms with Gasteiger partial charge in [0.05, 0.1) is 6.33 Å². The lowest BCUT2D eigenvalue weighted by Gasteiger charge is -2.23. The van der Waals surface area contributed by atoms with E-state index in [1.54, 1.807) is 6.07 Å². The third kappa shape index (κ3) is 3.56. The summed E-state index contributed by atoms with van der Waals surface area (Å²) in [4.78, 5) is 29.0. The van der Waals surface area contributed by atoms with Crippen molar-refractivity contribution < 1.29 is 14.3 Å². The fraction of sp³-hybridized carbons (Fsp3) is 0.389. The smallest absolute Gasteiger partial charge is 0.297 e. The number of hydrogen-bond acceptors (Lipinski definition) is 5. The monoisotopic (exact) mass is 343 g/mol. The Labute approximate surface area is 144 Å². The lowest BCUT2D eigenvalue weighted by Crippen LogP contribution is -2.38. The SMILES string of the molecule is CC(C)(CCO)CNC(=O)Cn1cnc2c(oc3ccccc32)c1=O. The summed E-state index contributed by atoms with van der Waals surface area (Å²) in [7, 11) is 0. The molecule has 2 N–H and O–H groups in total. The van der Waals surface area contributed by atoms with E-state index in [2.05, 4.69) is 10.3 Å². The molecule has 2 heterocycles. The second-order valence-corrected chi connectivity index (χ2v) is 6.87. The first-order chi connectivity index (χ1) is 11.9. The minimum atomic E-state index is -0.383. The number of fused-ring (bicyclic) bond motifs is 3. The van der Waals surface area contributed by atoms with E-state index >= 15 is 0 Å². The molecule has 7 nitrogen and oxygen atoms in total. The van der Waals surface area contributed by atoms with Gasteiger partial charge >= 0.3 is 0 Å². The molecule has 0 spiro atoms. The van der Waals surface area contributed by atoms with Gasteiger partial charge in [0.25, 0.3) is 5.56 Å². The normalized spacial score (nSPS) is 12.0. The van der Waals surface area contributed by atoms with Gasteiger partial charge in [-0.3, -0.25) is 14.2 Å². The Bertz CT molecular complexity index is 971. The molecule has 0 atom stereocenters. The van der Waals surface area contributed by atoms with Crippen molar-refractivity contribution in [3.8, 4) is 0 Å². The highest BCUT2D eigenvalue weighted by molar-refractivity contribution is 6.01. The van der Waals surface area contributed by atoms with Gasteiger partial charge in [-0.15, -0.1) is 0 Å². The van der Waals surface area contributed by atoms with Gasteiger partial charge < -0.3 is 14.8 Å². The summed E-state index contributed by atoms with van der Waals surface area (Å²) in [6.45, 7) is 4.26. The first-order valence-corrected chi connectivity index (χ1v) is 8.15. The van der Waals surface area contributed by atoms with Crippen LogP contribution in [0.4, 0.5) is 0 Å². The van der Waals surface area contributed by atoms with E-state index in [0.717, 1.165) is 5.39 Å². The first-order valence-electron chi connectivity index (χ1n) is 8.15. The Morgan fingerprint density at radius 3 is 2.88 bits per heavy atom. The Morgan fingerprint density at radius 2 is 2.12 bits per heavy atom. The van der Waals surface area contributed by atoms with Gasteiger partial charge in [0, 0.05) is 18.5 Å². The van der Waals surface area contributed by atoms with Crippen LogP contribution < -0.4 is 10.9 Å². The van der Waals surface area contributed by atoms with Crippen LogP contribution in [0.2, 0.25) is 0 Å². The number of aromatic nitrogens is 2. The van der Waals surface area contributed by atoms with Crippen molar-refractivity contribution in [1.29, 1.82) is 0 Å². The summed E-state index contributed by atoms with van der Waals surface area (Å²) < 4.78 is 6.83. The molecule has 0 saturated carbocycles. The predicted molar refractivity (Wildman–Crippen MR) is 94.3 cm³/mol. The first kappa shape index (κ1) is 17.2. The second kappa shape index (κ2) is 6.68. The maximum atomic E-state index is 12.6. The van der Waals surface area contributed by atoms with E-state index in [9.17, 15) is 9.59 Å². The highest BCUT2D eigenvalue weighted by Gasteiger charge is 2.19. The third-order valence-corrected chi connectivity index (χ3v) is 4.22. The third-order valence-electron chi connectivity index (χ3n) is 4.22. The zero-order valence-corrected chi connectivity index (χ0v) is 14.3. The maximum absolute atomic E-state index is 12.6. The van der Waals surface area contributed by atoms with Crippen molar-refractivity contribution in [3.63, 3.8) is 0 Å². The Kier molecular flexibility index (Phi) is 4.59. The van der Waals surface area contributed by atoms with Crippen molar-refractivity contribution in [2.75, 3.05) is 13.2 Å². The van der Waals surface area contributed by atoms with Crippen molar-refractivity contribution in [1.82, 2.24) is 14.9 Å². The van der Waals surface area contributed by atoms with Crippen LogP contribution in [0.5, 0.6) is 0 Å². The largest absolute Gasteiger partial charge is 0.448 e. The number of hydrogen-bond donors (Lipinski definition) is 2. The standard InChI is InChI=1S/C18H21N3O4/c1-18(2,7-8-22)10-19-14(23)9-21-11-20-15-12-5-3-4-6-13(12)25-16(15)17(21)24/h3-6,11,22H,7-10H2,1-2H3,(H,19,23). The fourth-order valence-corrected chi connectivity index (χ4v) is 2.67. The molecule has 7 heteroatoms. The molecule has 1 aromatic carbocycles. The second-order valence-electron chi connectivity index (χ2n) is 6.87. The van der Waals surface area contributed by atoms with Crippen LogP contribution in [0, 0.1) is 5.41 Å². The zero-order chi connectivity index (χ0) is 18.0. The number of aliphatic hydroxyl groups is 1. The van der Waals surface area contributed by atoms with Gasteiger partial charge in [-0.1, -0.05) is 26.0 Å². The molecule has 132 valence electrons. The van der Waals surface area contributed by atoms with Crippen LogP contribution in [0.15, 0.2) is 39.8 Å². The predicted octanol–water partition coefficient (Wildman–Crippen LogP) is 1.67. The molecule has 0 unspecified atom stereocenters. The molecular formula is C18H21N3O4. The van der Waals surface area contributed by atoms with Crippen LogP contribution in [0.1, 0.15) is 20.3 Å². The maximum Gasteiger partial charge on any atom is 0.297 e. The van der Waals surface area contributed by atoms with Gasteiger partial charge in [-0.05, 0) is 24.0 Å². The number of furan rings is 1. The van der Waals surface area contributed by atoms with Gasteiger partial charge in [0.2, 0.25) is 11.5 Å². The van der Waals surface area contributed by atoms with Crippen LogP contribution in [-0.2, 0) is 11.3 Å². The molecular weight excluding hydrogens is 322 g/mol. The number of benzene rings is 1. The lowest BCUT2D eigenvalue weighted by molar-refractivity contribution is -0.122. The Morgan fingerprint density at radius 1 is 1.36 bits per heavy atom. The number of nitrogens with zero attached hydrogens (tertiary/aromatic N) is 2. The summed E-state index contributed by atoms with van der Waals surface area (Å²) in [6.07, 6.45) is 1.95. The van der Waals surface area contributed by atoms with Crippen molar-refractivity contribution in [2.45, 2.75) is 26.8 Å². The zero-order valence-electron chi connectivity index (χ0n) is 14.3. The summed E-state index contributed by atoms with van der Waals surface area (Å²) >= 11 is 0. The van der Waals surface area contributed by atoms with Crippen LogP contribution >= 0.6 is 0 Å². The van der Waals surface area contributed by atoms with Crippen LogP contribution in [-0.4, -0.2) is 33.7 Å². The van der Waals surface area contributed by atoms with Crippen molar-refractivity contribution in [2.24, 2.45) is 5.41 Å². The van der Waals surface area contributed by atoms with E-state index in [1.165, 1.54) is 10.9 Å². The molecule has 0 aliphatic rings. The van der Waals surface area contributed by atoms with E-state index in [4.69, 9.17) is 9.52 Å². The average molecular weight is 343 g/mol. The number of aliphatic hydroxyl groups excluding tert-OH is 1. The topological polar surface area (TPSA) is 97.4 Å². The molecule has 0 saturated heterocycles. The molecule has 3 aromatic rings. The molecule has 3 rings (SSSR count). The molecule has 1 amide bonds. The van der Waals surface area contributed by atoms with Crippen molar-refractivity contribution >= 4 is 28.0 Å². The lowest BCUT2D eigenvalue weighted by atomic mass is 9.90. The molecule has 0 fully saturated rings. The molecule has 2 aromatic heterocycles. The molecule has 0 radical (unpaired) electrons. The summed E-state index contributed by atoms with van der Waals surface area (Å²) in [5, 5.41) is 12.6. The number of para-hydroxylation sites is 1.